The van der Waals surface area contributed by atoms with Gasteiger partial charge in [0, 0.05) is 11.3 Å². The first kappa shape index (κ1) is 25.7. The molecule has 0 heterocycles. The lowest BCUT2D eigenvalue weighted by Gasteiger charge is -2.72. The number of carbonyl (C=O) groups is 1. The molecular formula is C30H48O5. The molecular weight excluding hydrogens is 440 g/mol. The Morgan fingerprint density at radius 3 is 2.26 bits per heavy atom. The smallest absolute Gasteiger partial charge is 0.310 e. The van der Waals surface area contributed by atoms with Gasteiger partial charge in [-0.25, -0.2) is 0 Å². The lowest BCUT2D eigenvalue weighted by Crippen LogP contribution is -2.69. The third-order valence-corrected chi connectivity index (χ3v) is 13.1. The highest BCUT2D eigenvalue weighted by molar-refractivity contribution is 5.76. The Kier molecular flexibility index (Phi) is 5.56. The van der Waals surface area contributed by atoms with Crippen molar-refractivity contribution >= 4 is 5.97 Å². The summed E-state index contributed by atoms with van der Waals surface area (Å²) in [5.41, 5.74) is -0.397. The molecule has 5 heteroatoms. The topological polar surface area (TPSA) is 98.0 Å². The number of fused-ring (bicyclic) bond motifs is 7. The van der Waals surface area contributed by atoms with E-state index in [0.717, 1.165) is 38.5 Å². The maximum Gasteiger partial charge on any atom is 0.310 e. The Hall–Kier alpha value is -0.910. The van der Waals surface area contributed by atoms with E-state index in [9.17, 15) is 25.2 Å². The van der Waals surface area contributed by atoms with E-state index >= 15 is 0 Å². The summed E-state index contributed by atoms with van der Waals surface area (Å²) >= 11 is 0. The van der Waals surface area contributed by atoms with Gasteiger partial charge < -0.3 is 20.4 Å². The first-order valence-corrected chi connectivity index (χ1v) is 14.0. The first-order valence-electron chi connectivity index (χ1n) is 14.0. The number of carboxylic acid groups (broad SMARTS) is 1. The van der Waals surface area contributed by atoms with Crippen LogP contribution in [-0.4, -0.2) is 45.2 Å². The SMILES string of the molecule is CC1(C)CC[C@]2(C(=O)O)CC[C@]3(C)C(=CC[C@@H]4[C@@]5(C)CC[C@H](O)[C@@](C)(CO)C5C(O)C[C@]43C)C2C1. The largest absolute Gasteiger partial charge is 0.481 e. The quantitative estimate of drug-likeness (QED) is 0.402. The lowest BCUT2D eigenvalue weighted by atomic mass is 9.33. The summed E-state index contributed by atoms with van der Waals surface area (Å²) in [7, 11) is 0. The molecule has 3 unspecified atom stereocenters. The van der Waals surface area contributed by atoms with E-state index in [0.29, 0.717) is 25.2 Å². The van der Waals surface area contributed by atoms with Gasteiger partial charge >= 0.3 is 5.97 Å². The maximum absolute atomic E-state index is 12.8. The Balaban J connectivity index is 1.63. The minimum Gasteiger partial charge on any atom is -0.481 e. The molecule has 10 atom stereocenters. The summed E-state index contributed by atoms with van der Waals surface area (Å²) in [6.45, 7) is 13.5. The Bertz CT molecular complexity index is 941. The number of aliphatic hydroxyl groups is 3. The Labute approximate surface area is 211 Å². The van der Waals surface area contributed by atoms with Gasteiger partial charge in [0.05, 0.1) is 24.2 Å². The van der Waals surface area contributed by atoms with Crippen LogP contribution >= 0.6 is 0 Å². The first-order chi connectivity index (χ1) is 16.1. The van der Waals surface area contributed by atoms with Crippen molar-refractivity contribution in [3.05, 3.63) is 11.6 Å². The van der Waals surface area contributed by atoms with E-state index in [1.807, 2.05) is 6.92 Å². The van der Waals surface area contributed by atoms with E-state index < -0.39 is 29.0 Å². The summed E-state index contributed by atoms with van der Waals surface area (Å²) in [6, 6.07) is 0. The van der Waals surface area contributed by atoms with E-state index in [1.165, 1.54) is 5.57 Å². The van der Waals surface area contributed by atoms with E-state index in [-0.39, 0.29) is 40.1 Å². The van der Waals surface area contributed by atoms with Crippen LogP contribution in [0.4, 0.5) is 0 Å². The van der Waals surface area contributed by atoms with Gasteiger partial charge in [-0.05, 0) is 91.3 Å². The van der Waals surface area contributed by atoms with Crippen LogP contribution in [0.3, 0.4) is 0 Å². The molecule has 5 aliphatic carbocycles. The zero-order chi connectivity index (χ0) is 25.8. The molecule has 4 fully saturated rings. The minimum absolute atomic E-state index is 0.0545. The van der Waals surface area contributed by atoms with Crippen molar-refractivity contribution < 1.29 is 25.2 Å². The third-order valence-electron chi connectivity index (χ3n) is 13.1. The van der Waals surface area contributed by atoms with E-state index in [1.54, 1.807) is 0 Å². The van der Waals surface area contributed by atoms with E-state index in [2.05, 4.69) is 40.7 Å². The Morgan fingerprint density at radius 1 is 0.971 bits per heavy atom. The van der Waals surface area contributed by atoms with E-state index in [4.69, 9.17) is 0 Å². The minimum atomic E-state index is -0.711. The Morgan fingerprint density at radius 2 is 1.63 bits per heavy atom. The molecule has 4 N–H and O–H groups in total. The second-order valence-corrected chi connectivity index (χ2v) is 15.1. The number of aliphatic carboxylic acids is 1. The van der Waals surface area contributed by atoms with Crippen molar-refractivity contribution in [3.8, 4) is 0 Å². The second kappa shape index (κ2) is 7.57. The average molecular weight is 489 g/mol. The molecule has 5 rings (SSSR count). The van der Waals surface area contributed by atoms with Crippen molar-refractivity contribution in [1.82, 2.24) is 0 Å². The highest BCUT2D eigenvalue weighted by atomic mass is 16.4. The van der Waals surface area contributed by atoms with Crippen LogP contribution in [0.15, 0.2) is 11.6 Å². The number of aliphatic hydroxyl groups excluding tert-OH is 3. The molecule has 0 aliphatic heterocycles. The zero-order valence-corrected chi connectivity index (χ0v) is 22.7. The zero-order valence-electron chi connectivity index (χ0n) is 22.7. The summed E-state index contributed by atoms with van der Waals surface area (Å²) in [5.74, 6) is -0.400. The van der Waals surface area contributed by atoms with Gasteiger partial charge in [-0.3, -0.25) is 4.79 Å². The summed E-state index contributed by atoms with van der Waals surface area (Å²) in [6.07, 6.45) is 8.44. The molecule has 0 aromatic rings. The molecule has 0 saturated heterocycles. The van der Waals surface area contributed by atoms with Crippen molar-refractivity contribution in [3.63, 3.8) is 0 Å². The molecule has 0 spiro atoms. The molecule has 4 saturated carbocycles. The van der Waals surface area contributed by atoms with Crippen molar-refractivity contribution in [2.24, 2.45) is 50.2 Å². The average Bonchev–Trinajstić information content (AvgIpc) is 2.76. The van der Waals surface area contributed by atoms with Gasteiger partial charge in [0.2, 0.25) is 0 Å². The standard InChI is InChI=1S/C30H48O5/c1-25(2)11-13-30(24(34)35)14-12-28(5)18(19(30)15-25)7-8-21-26(3)10-9-22(33)27(4,17-31)23(26)20(32)16-29(21,28)6/h7,19-23,31-33H,8-17H2,1-6H3,(H,34,35)/t19?,20?,21-,22+,23?,26-,27-,28-,29-,30+/m1/s1. The van der Waals surface area contributed by atoms with Gasteiger partial charge in [0.25, 0.3) is 0 Å². The monoisotopic (exact) mass is 488 g/mol. The number of carboxylic acids is 1. The van der Waals surface area contributed by atoms with Crippen LogP contribution in [0.2, 0.25) is 0 Å². The van der Waals surface area contributed by atoms with Crippen LogP contribution < -0.4 is 0 Å². The van der Waals surface area contributed by atoms with Crippen molar-refractivity contribution in [1.29, 1.82) is 0 Å². The molecule has 0 radical (unpaired) electrons. The normalized spacial score (nSPS) is 55.0. The van der Waals surface area contributed by atoms with Gasteiger partial charge in [0.1, 0.15) is 0 Å². The molecule has 0 amide bonds. The molecule has 5 aliphatic rings. The lowest BCUT2D eigenvalue weighted by molar-refractivity contribution is -0.252. The van der Waals surface area contributed by atoms with Gasteiger partial charge in [-0.1, -0.05) is 53.2 Å². The summed E-state index contributed by atoms with van der Waals surface area (Å²) in [4.78, 5) is 12.8. The fourth-order valence-corrected chi connectivity index (χ4v) is 10.8. The van der Waals surface area contributed by atoms with Gasteiger partial charge in [0.15, 0.2) is 0 Å². The molecule has 5 nitrogen and oxygen atoms in total. The summed E-state index contributed by atoms with van der Waals surface area (Å²) < 4.78 is 0. The fourth-order valence-electron chi connectivity index (χ4n) is 10.8. The summed E-state index contributed by atoms with van der Waals surface area (Å²) in [5, 5.41) is 43.6. The number of allylic oxidation sites excluding steroid dienone is 2. The highest BCUT2D eigenvalue weighted by Gasteiger charge is 2.71. The van der Waals surface area contributed by atoms with Crippen LogP contribution in [-0.2, 0) is 4.79 Å². The van der Waals surface area contributed by atoms with Crippen LogP contribution in [0.1, 0.15) is 99.3 Å². The molecule has 35 heavy (non-hydrogen) atoms. The van der Waals surface area contributed by atoms with Crippen molar-refractivity contribution in [2.45, 2.75) is 112 Å². The molecule has 0 aromatic carbocycles. The number of hydrogen-bond acceptors (Lipinski definition) is 4. The van der Waals surface area contributed by atoms with Gasteiger partial charge in [-0.2, -0.15) is 0 Å². The number of hydrogen-bond donors (Lipinski definition) is 4. The van der Waals surface area contributed by atoms with Crippen molar-refractivity contribution in [2.75, 3.05) is 6.61 Å². The maximum atomic E-state index is 12.8. The van der Waals surface area contributed by atoms with Crippen LogP contribution in [0.5, 0.6) is 0 Å². The number of rotatable bonds is 2. The second-order valence-electron chi connectivity index (χ2n) is 15.1. The molecule has 198 valence electrons. The third kappa shape index (κ3) is 3.07. The van der Waals surface area contributed by atoms with Crippen LogP contribution in [0.25, 0.3) is 0 Å². The fraction of sp³-hybridized carbons (Fsp3) is 0.900. The predicted molar refractivity (Wildman–Crippen MR) is 135 cm³/mol. The highest BCUT2D eigenvalue weighted by Crippen LogP contribution is 2.75. The molecule has 0 bridgehead atoms. The van der Waals surface area contributed by atoms with Gasteiger partial charge in [-0.15, -0.1) is 0 Å². The predicted octanol–water partition coefficient (Wildman–Crippen LogP) is 5.18. The molecule has 0 aromatic heterocycles. The van der Waals surface area contributed by atoms with Crippen LogP contribution in [0, 0.1) is 50.2 Å².